The lowest BCUT2D eigenvalue weighted by molar-refractivity contribution is -0.122. The molecule has 0 aliphatic carbocycles. The fourth-order valence-electron chi connectivity index (χ4n) is 3.53. The van der Waals surface area contributed by atoms with Gasteiger partial charge < -0.3 is 14.8 Å². The van der Waals surface area contributed by atoms with Crippen LogP contribution in [0.1, 0.15) is 44.7 Å². The predicted molar refractivity (Wildman–Crippen MR) is 133 cm³/mol. The van der Waals surface area contributed by atoms with Crippen LogP contribution in [0, 0.1) is 5.92 Å². The predicted octanol–water partition coefficient (Wildman–Crippen LogP) is 4.81. The van der Waals surface area contributed by atoms with E-state index in [4.69, 9.17) is 21.1 Å². The molecule has 0 bridgehead atoms. The Morgan fingerprint density at radius 3 is 2.27 bits per heavy atom. The van der Waals surface area contributed by atoms with Crippen molar-refractivity contribution in [2.75, 3.05) is 31.3 Å². The molecule has 1 amide bonds. The molecule has 0 radical (unpaired) electrons. The maximum atomic E-state index is 12.7. The van der Waals surface area contributed by atoms with Crippen molar-refractivity contribution in [3.63, 3.8) is 0 Å². The summed E-state index contributed by atoms with van der Waals surface area (Å²) in [6.07, 6.45) is 2.48. The fraction of sp³-hybridized carbons (Fsp3) is 0.458. The van der Waals surface area contributed by atoms with E-state index in [-0.39, 0.29) is 24.9 Å². The Labute approximate surface area is 202 Å². The van der Waals surface area contributed by atoms with Gasteiger partial charge in [0, 0.05) is 13.0 Å². The van der Waals surface area contributed by atoms with Gasteiger partial charge in [0.05, 0.1) is 37.2 Å². The molecule has 2 rings (SSSR count). The van der Waals surface area contributed by atoms with E-state index in [1.54, 1.807) is 25.3 Å². The molecule has 0 heterocycles. The molecule has 7 nitrogen and oxygen atoms in total. The lowest BCUT2D eigenvalue weighted by atomic mass is 9.96. The van der Waals surface area contributed by atoms with Gasteiger partial charge in [-0.1, -0.05) is 37.6 Å². The second-order valence-corrected chi connectivity index (χ2v) is 10.6. The van der Waals surface area contributed by atoms with Gasteiger partial charge in [-0.3, -0.25) is 9.10 Å². The van der Waals surface area contributed by atoms with Gasteiger partial charge in [0.25, 0.3) is 0 Å². The molecule has 1 atom stereocenters. The van der Waals surface area contributed by atoms with E-state index in [0.717, 1.165) is 24.0 Å². The van der Waals surface area contributed by atoms with E-state index in [1.165, 1.54) is 11.4 Å². The quantitative estimate of drug-likeness (QED) is 0.456. The summed E-state index contributed by atoms with van der Waals surface area (Å²) in [5.74, 6) is 1.48. The smallest absolute Gasteiger partial charge is 0.232 e. The number of anilines is 1. The molecule has 0 aromatic heterocycles. The summed E-state index contributed by atoms with van der Waals surface area (Å²) in [7, 11) is -0.445. The number of rotatable bonds is 12. The normalized spacial score (nSPS) is 12.3. The molecular formula is C24H33ClN2O5S. The summed E-state index contributed by atoms with van der Waals surface area (Å²) < 4.78 is 36.3. The number of amides is 1. The number of carbonyl (C=O) groups excluding carboxylic acids is 1. The number of carbonyl (C=O) groups is 1. The van der Waals surface area contributed by atoms with E-state index in [0.29, 0.717) is 28.8 Å². The highest BCUT2D eigenvalue weighted by atomic mass is 35.5. The van der Waals surface area contributed by atoms with Gasteiger partial charge >= 0.3 is 0 Å². The van der Waals surface area contributed by atoms with E-state index in [1.807, 2.05) is 24.3 Å². The van der Waals surface area contributed by atoms with Crippen molar-refractivity contribution in [2.45, 2.75) is 39.2 Å². The number of hydrogen-bond acceptors (Lipinski definition) is 5. The molecule has 2 aromatic carbocycles. The highest BCUT2D eigenvalue weighted by Crippen LogP contribution is 2.30. The molecule has 33 heavy (non-hydrogen) atoms. The van der Waals surface area contributed by atoms with Gasteiger partial charge in [0.2, 0.25) is 15.9 Å². The minimum absolute atomic E-state index is 0.127. The van der Waals surface area contributed by atoms with Crippen molar-refractivity contribution in [1.29, 1.82) is 0 Å². The summed E-state index contributed by atoms with van der Waals surface area (Å²) in [5, 5.41) is 3.41. The first-order valence-electron chi connectivity index (χ1n) is 10.8. The highest BCUT2D eigenvalue weighted by molar-refractivity contribution is 7.92. The Morgan fingerprint density at radius 2 is 1.76 bits per heavy atom. The number of hydrogen-bond donors (Lipinski definition) is 1. The largest absolute Gasteiger partial charge is 0.497 e. The summed E-state index contributed by atoms with van der Waals surface area (Å²) in [4.78, 5) is 12.7. The molecule has 0 fully saturated rings. The monoisotopic (exact) mass is 496 g/mol. The van der Waals surface area contributed by atoms with Crippen LogP contribution in [0.15, 0.2) is 42.5 Å². The fourth-order valence-corrected chi connectivity index (χ4v) is 4.74. The summed E-state index contributed by atoms with van der Waals surface area (Å²) in [6, 6.07) is 12.3. The summed E-state index contributed by atoms with van der Waals surface area (Å²) in [5.41, 5.74) is 1.43. The topological polar surface area (TPSA) is 84.9 Å². The second-order valence-electron chi connectivity index (χ2n) is 8.28. The number of halogens is 1. The van der Waals surface area contributed by atoms with Crippen LogP contribution in [0.4, 0.5) is 5.69 Å². The van der Waals surface area contributed by atoms with Crippen molar-refractivity contribution in [2.24, 2.45) is 5.92 Å². The molecule has 1 N–H and O–H groups in total. The molecule has 0 saturated carbocycles. The third kappa shape index (κ3) is 8.12. The molecule has 0 aliphatic heterocycles. The standard InChI is InChI=1S/C24H33ClN2O5S/c1-17(2)15-22(18-8-11-20(31-3)12-9-18)26-24(28)7-6-14-27(33(5,29)30)19-10-13-23(32-4)21(25)16-19/h8-13,16-17,22H,6-7,14-15H2,1-5H3,(H,26,28)/t22-/m1/s1. The van der Waals surface area contributed by atoms with Crippen LogP contribution in [0.5, 0.6) is 11.5 Å². The Morgan fingerprint density at radius 1 is 1.09 bits per heavy atom. The van der Waals surface area contributed by atoms with Crippen LogP contribution in [0.3, 0.4) is 0 Å². The van der Waals surface area contributed by atoms with Crippen LogP contribution >= 0.6 is 11.6 Å². The van der Waals surface area contributed by atoms with Crippen molar-refractivity contribution in [3.8, 4) is 11.5 Å². The third-order valence-electron chi connectivity index (χ3n) is 5.15. The first kappa shape index (κ1) is 26.8. The molecule has 0 unspecified atom stereocenters. The average Bonchev–Trinajstić information content (AvgIpc) is 2.75. The molecule has 9 heteroatoms. The number of methoxy groups -OCH3 is 2. The molecule has 182 valence electrons. The van der Waals surface area contributed by atoms with Gasteiger partial charge in [0.15, 0.2) is 0 Å². The van der Waals surface area contributed by atoms with Crippen LogP contribution in [-0.2, 0) is 14.8 Å². The summed E-state index contributed by atoms with van der Waals surface area (Å²) in [6.45, 7) is 4.37. The lowest BCUT2D eigenvalue weighted by Crippen LogP contribution is -2.33. The number of sulfonamides is 1. The molecule has 2 aromatic rings. The molecular weight excluding hydrogens is 464 g/mol. The first-order chi connectivity index (χ1) is 15.5. The average molecular weight is 497 g/mol. The van der Waals surface area contributed by atoms with E-state index in [9.17, 15) is 13.2 Å². The number of benzene rings is 2. The summed E-state index contributed by atoms with van der Waals surface area (Å²) >= 11 is 6.17. The zero-order valence-corrected chi connectivity index (χ0v) is 21.4. The van der Waals surface area contributed by atoms with E-state index >= 15 is 0 Å². The number of ether oxygens (including phenoxy) is 2. The second kappa shape index (κ2) is 12.1. The molecule has 0 spiro atoms. The number of nitrogens with zero attached hydrogens (tertiary/aromatic N) is 1. The SMILES string of the molecule is COc1ccc([C@@H](CC(C)C)NC(=O)CCCN(c2ccc(OC)c(Cl)c2)S(C)(=O)=O)cc1. The zero-order chi connectivity index (χ0) is 24.6. The Hall–Kier alpha value is -2.45. The van der Waals surface area contributed by atoms with Crippen LogP contribution in [0.25, 0.3) is 0 Å². The molecule has 0 saturated heterocycles. The van der Waals surface area contributed by atoms with Crippen LogP contribution in [0.2, 0.25) is 5.02 Å². The van der Waals surface area contributed by atoms with Gasteiger partial charge in [-0.25, -0.2) is 8.42 Å². The van der Waals surface area contributed by atoms with Crippen molar-refractivity contribution in [1.82, 2.24) is 5.32 Å². The van der Waals surface area contributed by atoms with Gasteiger partial charge in [0.1, 0.15) is 11.5 Å². The van der Waals surface area contributed by atoms with Gasteiger partial charge in [-0.2, -0.15) is 0 Å². The molecule has 0 aliphatic rings. The highest BCUT2D eigenvalue weighted by Gasteiger charge is 2.20. The Balaban J connectivity index is 2.04. The van der Waals surface area contributed by atoms with Crippen molar-refractivity contribution < 1.29 is 22.7 Å². The Kier molecular flexibility index (Phi) is 9.86. The van der Waals surface area contributed by atoms with Crippen LogP contribution in [-0.4, -0.2) is 41.3 Å². The Bertz CT molecular complexity index is 1030. The number of nitrogens with one attached hydrogen (secondary N) is 1. The van der Waals surface area contributed by atoms with Gasteiger partial charge in [-0.15, -0.1) is 0 Å². The first-order valence-corrected chi connectivity index (χ1v) is 13.0. The maximum Gasteiger partial charge on any atom is 0.232 e. The van der Waals surface area contributed by atoms with Crippen molar-refractivity contribution in [3.05, 3.63) is 53.1 Å². The minimum atomic E-state index is -3.55. The van der Waals surface area contributed by atoms with Crippen molar-refractivity contribution >= 4 is 33.2 Å². The minimum Gasteiger partial charge on any atom is -0.497 e. The maximum absolute atomic E-state index is 12.7. The lowest BCUT2D eigenvalue weighted by Gasteiger charge is -2.24. The van der Waals surface area contributed by atoms with Gasteiger partial charge in [-0.05, 0) is 54.7 Å². The van der Waals surface area contributed by atoms with E-state index in [2.05, 4.69) is 19.2 Å². The third-order valence-corrected chi connectivity index (χ3v) is 6.64. The van der Waals surface area contributed by atoms with Crippen LogP contribution < -0.4 is 19.1 Å². The van der Waals surface area contributed by atoms with E-state index < -0.39 is 10.0 Å². The zero-order valence-electron chi connectivity index (χ0n) is 19.8.